The molecule has 2 aliphatic carbocycles. The van der Waals surface area contributed by atoms with Gasteiger partial charge in [0.15, 0.2) is 0 Å². The number of carbonyl (C=O) groups excluding carboxylic acids is 2. The molecule has 162 valence electrons. The quantitative estimate of drug-likeness (QED) is 0.514. The second kappa shape index (κ2) is 7.33. The summed E-state index contributed by atoms with van der Waals surface area (Å²) in [4.78, 5) is 31.4. The molecule has 0 spiro atoms. The molecule has 0 radical (unpaired) electrons. The van der Waals surface area contributed by atoms with Crippen LogP contribution in [0.4, 0.5) is 5.69 Å². The fourth-order valence-electron chi connectivity index (χ4n) is 5.36. The molecule has 2 unspecified atom stereocenters. The first-order valence-corrected chi connectivity index (χ1v) is 10.8. The zero-order valence-electron chi connectivity index (χ0n) is 18.9. The molecule has 0 aromatic heterocycles. The van der Waals surface area contributed by atoms with Crippen molar-refractivity contribution >= 4 is 23.3 Å². The Bertz CT molecular complexity index is 1070. The van der Waals surface area contributed by atoms with Gasteiger partial charge in [0, 0.05) is 17.5 Å². The van der Waals surface area contributed by atoms with Crippen LogP contribution in [0.5, 0.6) is 0 Å². The van der Waals surface area contributed by atoms with Crippen LogP contribution in [0.15, 0.2) is 53.7 Å². The van der Waals surface area contributed by atoms with Crippen molar-refractivity contribution in [2.75, 3.05) is 5.32 Å². The van der Waals surface area contributed by atoms with Gasteiger partial charge in [0.1, 0.15) is 0 Å². The van der Waals surface area contributed by atoms with Crippen LogP contribution in [0.3, 0.4) is 0 Å². The molecule has 2 bridgehead atoms. The first kappa shape index (κ1) is 21.3. The van der Waals surface area contributed by atoms with E-state index in [2.05, 4.69) is 31.2 Å². The van der Waals surface area contributed by atoms with Gasteiger partial charge in [-0.2, -0.15) is 0 Å². The molecular weight excluding hydrogens is 388 g/mol. The predicted molar refractivity (Wildman–Crippen MR) is 122 cm³/mol. The van der Waals surface area contributed by atoms with Crippen molar-refractivity contribution < 1.29 is 14.4 Å². The maximum absolute atomic E-state index is 13.6. The minimum absolute atomic E-state index is 0.0227. The van der Waals surface area contributed by atoms with Gasteiger partial charge in [-0.3, -0.25) is 4.79 Å². The van der Waals surface area contributed by atoms with E-state index in [1.807, 2.05) is 38.1 Å². The maximum atomic E-state index is 13.6. The summed E-state index contributed by atoms with van der Waals surface area (Å²) in [5, 5.41) is 7.50. The van der Waals surface area contributed by atoms with Gasteiger partial charge in [-0.15, -0.1) is 0 Å². The van der Waals surface area contributed by atoms with Crippen molar-refractivity contribution in [3.05, 3.63) is 65.2 Å². The Morgan fingerprint density at radius 2 is 1.71 bits per heavy atom. The smallest absolute Gasteiger partial charge is 0.325 e. The largest absolute Gasteiger partial charge is 0.365 e. The second-order valence-corrected chi connectivity index (χ2v) is 9.77. The van der Waals surface area contributed by atoms with Gasteiger partial charge in [-0.25, -0.2) is 4.79 Å². The number of benzene rings is 2. The number of hydrogen-bond acceptors (Lipinski definition) is 4. The third-order valence-corrected chi connectivity index (χ3v) is 8.06. The van der Waals surface area contributed by atoms with Crippen molar-refractivity contribution in [1.29, 1.82) is 0 Å². The standard InChI is InChI=1S/C26H30N2O3/c1-17-11-12-18(2)20(15-17)27-23(30)26-14-13-25(5,24(26,3)4)21(16-26)28-31-22(29)19-9-7-6-8-10-19/h6-12,15H,13-14,16H2,1-5H3,(H,27,30)/b28-21-. The fourth-order valence-corrected chi connectivity index (χ4v) is 5.36. The Morgan fingerprint density at radius 3 is 2.42 bits per heavy atom. The lowest BCUT2D eigenvalue weighted by atomic mass is 9.64. The predicted octanol–water partition coefficient (Wildman–Crippen LogP) is 5.67. The van der Waals surface area contributed by atoms with E-state index in [1.54, 1.807) is 24.3 Å². The highest BCUT2D eigenvalue weighted by atomic mass is 16.7. The molecule has 2 atom stereocenters. The molecule has 1 amide bonds. The summed E-state index contributed by atoms with van der Waals surface area (Å²) in [6.07, 6.45) is 2.12. The molecule has 5 nitrogen and oxygen atoms in total. The molecule has 0 aliphatic heterocycles. The van der Waals surface area contributed by atoms with E-state index < -0.39 is 11.4 Å². The number of hydrogen-bond donors (Lipinski definition) is 1. The number of rotatable bonds is 4. The third kappa shape index (κ3) is 3.18. The highest BCUT2D eigenvalue weighted by Gasteiger charge is 2.71. The highest BCUT2D eigenvalue weighted by Crippen LogP contribution is 2.71. The average molecular weight is 419 g/mol. The fraction of sp³-hybridized carbons (Fsp3) is 0.423. The SMILES string of the molecule is Cc1ccc(C)c(NC(=O)C23CCC(C)(/C(=N\OC(=O)c4ccccc4)C2)C3(C)C)c1. The van der Waals surface area contributed by atoms with Crippen molar-refractivity contribution in [1.82, 2.24) is 0 Å². The van der Waals surface area contributed by atoms with Crippen LogP contribution in [0.2, 0.25) is 0 Å². The number of carbonyl (C=O) groups is 2. The van der Waals surface area contributed by atoms with Crippen LogP contribution in [0, 0.1) is 30.1 Å². The van der Waals surface area contributed by atoms with E-state index in [9.17, 15) is 9.59 Å². The van der Waals surface area contributed by atoms with Crippen LogP contribution < -0.4 is 5.32 Å². The number of nitrogens with zero attached hydrogens (tertiary/aromatic N) is 1. The summed E-state index contributed by atoms with van der Waals surface area (Å²) >= 11 is 0. The lowest BCUT2D eigenvalue weighted by Crippen LogP contribution is -2.43. The van der Waals surface area contributed by atoms with E-state index in [0.717, 1.165) is 35.4 Å². The molecule has 2 saturated carbocycles. The van der Waals surface area contributed by atoms with Crippen LogP contribution in [-0.4, -0.2) is 17.6 Å². The molecule has 2 aromatic carbocycles. The van der Waals surface area contributed by atoms with Crippen LogP contribution >= 0.6 is 0 Å². The Balaban J connectivity index is 1.61. The van der Waals surface area contributed by atoms with Crippen molar-refractivity contribution in [3.63, 3.8) is 0 Å². The van der Waals surface area contributed by atoms with Gasteiger partial charge in [-0.05, 0) is 61.4 Å². The van der Waals surface area contributed by atoms with Crippen molar-refractivity contribution in [2.24, 2.45) is 21.4 Å². The van der Waals surface area contributed by atoms with E-state index in [0.29, 0.717) is 12.0 Å². The summed E-state index contributed by atoms with van der Waals surface area (Å²) in [5.74, 6) is -0.458. The molecule has 2 aromatic rings. The second-order valence-electron chi connectivity index (χ2n) is 9.77. The number of fused-ring (bicyclic) bond motifs is 2. The molecule has 1 N–H and O–H groups in total. The minimum atomic E-state index is -0.587. The number of nitrogens with one attached hydrogen (secondary N) is 1. The number of anilines is 1. The number of oxime groups is 1. The van der Waals surface area contributed by atoms with Gasteiger partial charge in [0.05, 0.1) is 16.7 Å². The normalized spacial score (nSPS) is 27.3. The molecule has 0 saturated heterocycles. The summed E-state index contributed by atoms with van der Waals surface area (Å²) in [7, 11) is 0. The zero-order chi connectivity index (χ0) is 22.4. The highest BCUT2D eigenvalue weighted by molar-refractivity contribution is 6.06. The van der Waals surface area contributed by atoms with Gasteiger partial charge in [0.25, 0.3) is 0 Å². The Kier molecular flexibility index (Phi) is 5.03. The average Bonchev–Trinajstić information content (AvgIpc) is 3.06. The number of aryl methyl sites for hydroxylation is 2. The van der Waals surface area contributed by atoms with E-state index in [4.69, 9.17) is 4.84 Å². The van der Waals surface area contributed by atoms with Gasteiger partial charge in [-0.1, -0.05) is 56.3 Å². The molecule has 2 aliphatic rings. The van der Waals surface area contributed by atoms with Gasteiger partial charge in [0.2, 0.25) is 5.91 Å². The topological polar surface area (TPSA) is 67.8 Å². The first-order valence-electron chi connectivity index (χ1n) is 10.8. The third-order valence-electron chi connectivity index (χ3n) is 8.06. The van der Waals surface area contributed by atoms with Crippen molar-refractivity contribution in [2.45, 2.75) is 53.9 Å². The number of amides is 1. The first-order chi connectivity index (χ1) is 14.6. The van der Waals surface area contributed by atoms with Crippen LogP contribution in [0.25, 0.3) is 0 Å². The summed E-state index contributed by atoms with van der Waals surface area (Å²) in [6.45, 7) is 10.4. The Labute approximate surface area is 183 Å². The van der Waals surface area contributed by atoms with E-state index in [-0.39, 0.29) is 16.7 Å². The Morgan fingerprint density at radius 1 is 1.00 bits per heavy atom. The van der Waals surface area contributed by atoms with Gasteiger partial charge < -0.3 is 10.2 Å². The van der Waals surface area contributed by atoms with Crippen LogP contribution in [0.1, 0.15) is 61.5 Å². The molecule has 0 heterocycles. The minimum Gasteiger partial charge on any atom is -0.325 e. The Hall–Kier alpha value is -2.95. The van der Waals surface area contributed by atoms with E-state index in [1.165, 1.54) is 0 Å². The van der Waals surface area contributed by atoms with Crippen LogP contribution in [-0.2, 0) is 9.63 Å². The molecule has 31 heavy (non-hydrogen) atoms. The monoisotopic (exact) mass is 418 g/mol. The molecular formula is C26H30N2O3. The zero-order valence-corrected chi connectivity index (χ0v) is 18.9. The summed E-state index contributed by atoms with van der Waals surface area (Å²) in [6, 6.07) is 14.9. The molecule has 2 fully saturated rings. The molecule has 4 rings (SSSR count). The summed E-state index contributed by atoms with van der Waals surface area (Å²) in [5.41, 5.74) is 3.04. The summed E-state index contributed by atoms with van der Waals surface area (Å²) < 4.78 is 0. The van der Waals surface area contributed by atoms with Gasteiger partial charge >= 0.3 is 5.97 Å². The van der Waals surface area contributed by atoms with E-state index >= 15 is 0 Å². The lowest BCUT2D eigenvalue weighted by molar-refractivity contribution is -0.130. The maximum Gasteiger partial charge on any atom is 0.365 e. The molecule has 5 heteroatoms. The van der Waals surface area contributed by atoms with Crippen molar-refractivity contribution in [3.8, 4) is 0 Å². The lowest BCUT2D eigenvalue weighted by Gasteiger charge is -2.39.